The third-order valence-corrected chi connectivity index (χ3v) is 6.10. The number of aryl methyl sites for hydroxylation is 2. The van der Waals surface area contributed by atoms with E-state index in [-0.39, 0.29) is 11.9 Å². The van der Waals surface area contributed by atoms with E-state index in [1.807, 2.05) is 66.7 Å². The molecule has 8 nitrogen and oxygen atoms in total. The second-order valence-corrected chi connectivity index (χ2v) is 11.3. The van der Waals surface area contributed by atoms with Crippen molar-refractivity contribution < 1.29 is 24.2 Å². The average molecular weight is 506 g/mol. The Kier molecular flexibility index (Phi) is 11.4. The van der Waals surface area contributed by atoms with Crippen LogP contribution in [0.3, 0.4) is 0 Å². The number of hydrogen-bond donors (Lipinski definition) is 3. The molecule has 0 aliphatic heterocycles. The number of rotatable bonds is 11. The molecule has 1 aromatic carbocycles. The first-order valence-electron chi connectivity index (χ1n) is 12.9. The molecule has 1 rings (SSSR count). The number of alkyl carbamates (subject to hydrolysis) is 1. The maximum atomic E-state index is 14.0. The molecule has 0 aliphatic rings. The summed E-state index contributed by atoms with van der Waals surface area (Å²) in [6.07, 6.45) is 1.44. The third kappa shape index (κ3) is 9.12. The maximum Gasteiger partial charge on any atom is 0.408 e. The zero-order valence-corrected chi connectivity index (χ0v) is 23.8. The first-order valence-corrected chi connectivity index (χ1v) is 12.9. The molecule has 204 valence electrons. The molecule has 36 heavy (non-hydrogen) atoms. The highest BCUT2D eigenvalue weighted by Crippen LogP contribution is 2.33. The predicted octanol–water partition coefficient (Wildman–Crippen LogP) is 4.55. The number of aliphatic hydroxyl groups excluding tert-OH is 1. The molecular weight excluding hydrogens is 458 g/mol. The van der Waals surface area contributed by atoms with Gasteiger partial charge in [-0.1, -0.05) is 49.6 Å². The van der Waals surface area contributed by atoms with Crippen LogP contribution in [0.4, 0.5) is 4.79 Å². The molecule has 8 heteroatoms. The number of ether oxygens (including phenoxy) is 1. The molecule has 0 spiro atoms. The first kappa shape index (κ1) is 31.4. The number of aliphatic hydroxyl groups is 1. The van der Waals surface area contributed by atoms with E-state index >= 15 is 0 Å². The molecule has 0 saturated heterocycles. The van der Waals surface area contributed by atoms with Gasteiger partial charge in [-0.15, -0.1) is 0 Å². The van der Waals surface area contributed by atoms with Crippen LogP contribution in [0.2, 0.25) is 0 Å². The van der Waals surface area contributed by atoms with Gasteiger partial charge in [-0.05, 0) is 73.8 Å². The quantitative estimate of drug-likeness (QED) is 0.409. The van der Waals surface area contributed by atoms with Gasteiger partial charge in [0.25, 0.3) is 0 Å². The summed E-state index contributed by atoms with van der Waals surface area (Å²) in [5, 5.41) is 15.7. The zero-order valence-electron chi connectivity index (χ0n) is 23.8. The van der Waals surface area contributed by atoms with Gasteiger partial charge >= 0.3 is 6.09 Å². The van der Waals surface area contributed by atoms with Crippen molar-refractivity contribution in [1.82, 2.24) is 15.5 Å². The summed E-state index contributed by atoms with van der Waals surface area (Å²) in [6.45, 7) is 18.1. The number of nitrogens with one attached hydrogen (secondary N) is 2. The number of hydrogen-bond acceptors (Lipinski definition) is 5. The van der Waals surface area contributed by atoms with Gasteiger partial charge < -0.3 is 25.4 Å². The lowest BCUT2D eigenvalue weighted by atomic mass is 9.90. The minimum absolute atomic E-state index is 0.0777. The number of amides is 3. The minimum Gasteiger partial charge on any atom is -0.444 e. The van der Waals surface area contributed by atoms with Crippen molar-refractivity contribution in [2.45, 2.75) is 118 Å². The molecule has 0 bridgehead atoms. The molecule has 0 fully saturated rings. The summed E-state index contributed by atoms with van der Waals surface area (Å²) in [6, 6.07) is 3.51. The van der Waals surface area contributed by atoms with E-state index in [0.717, 1.165) is 24.0 Å². The van der Waals surface area contributed by atoms with Crippen LogP contribution in [0.5, 0.6) is 0 Å². The Balaban J connectivity index is 3.62. The molecule has 3 N–H and O–H groups in total. The van der Waals surface area contributed by atoms with Crippen LogP contribution in [0.1, 0.15) is 97.4 Å². The third-order valence-electron chi connectivity index (χ3n) is 6.10. The van der Waals surface area contributed by atoms with E-state index < -0.39 is 41.8 Å². The van der Waals surface area contributed by atoms with Crippen molar-refractivity contribution in [3.05, 3.63) is 34.9 Å². The lowest BCUT2D eigenvalue weighted by molar-refractivity contribution is -0.150. The van der Waals surface area contributed by atoms with Crippen molar-refractivity contribution in [3.8, 4) is 0 Å². The Labute approximate surface area is 217 Å². The predicted molar refractivity (Wildman–Crippen MR) is 143 cm³/mol. The minimum atomic E-state index is -1.28. The molecule has 0 aliphatic carbocycles. The molecule has 0 aromatic heterocycles. The Hall–Kier alpha value is -2.61. The molecule has 0 saturated carbocycles. The largest absolute Gasteiger partial charge is 0.444 e. The number of carbonyl (C=O) groups is 3. The molecule has 3 amide bonds. The SMILES string of the molecule is CCCC(C)NC(=O)C(c1cc(C)cc(C)c1)N(C(=O)C(CO)NC(=O)OC(C)(C)C)C(C)(C)CC. The fourth-order valence-corrected chi connectivity index (χ4v) is 4.16. The fraction of sp³-hybridized carbons (Fsp3) is 0.679. The van der Waals surface area contributed by atoms with E-state index in [1.54, 1.807) is 20.8 Å². The Morgan fingerprint density at radius 3 is 2.00 bits per heavy atom. The monoisotopic (exact) mass is 505 g/mol. The van der Waals surface area contributed by atoms with Crippen molar-refractivity contribution in [3.63, 3.8) is 0 Å². The van der Waals surface area contributed by atoms with Crippen LogP contribution < -0.4 is 10.6 Å². The van der Waals surface area contributed by atoms with Crippen molar-refractivity contribution in [2.75, 3.05) is 6.61 Å². The molecule has 3 atom stereocenters. The van der Waals surface area contributed by atoms with Crippen LogP contribution in [0, 0.1) is 13.8 Å². The highest BCUT2D eigenvalue weighted by molar-refractivity contribution is 5.93. The Morgan fingerprint density at radius 2 is 1.56 bits per heavy atom. The van der Waals surface area contributed by atoms with Crippen LogP contribution in [0.15, 0.2) is 18.2 Å². The fourth-order valence-electron chi connectivity index (χ4n) is 4.16. The summed E-state index contributed by atoms with van der Waals surface area (Å²) in [5.74, 6) is -0.859. The van der Waals surface area contributed by atoms with Gasteiger partial charge in [0.15, 0.2) is 0 Å². The topological polar surface area (TPSA) is 108 Å². The van der Waals surface area contributed by atoms with Gasteiger partial charge in [0.2, 0.25) is 11.8 Å². The second kappa shape index (κ2) is 13.1. The van der Waals surface area contributed by atoms with Gasteiger partial charge in [0.05, 0.1) is 6.61 Å². The smallest absolute Gasteiger partial charge is 0.408 e. The summed E-state index contributed by atoms with van der Waals surface area (Å²) < 4.78 is 5.30. The Morgan fingerprint density at radius 1 is 1.00 bits per heavy atom. The van der Waals surface area contributed by atoms with Gasteiger partial charge in [0, 0.05) is 11.6 Å². The van der Waals surface area contributed by atoms with Gasteiger partial charge in [-0.25, -0.2) is 4.79 Å². The summed E-state index contributed by atoms with van der Waals surface area (Å²) >= 11 is 0. The van der Waals surface area contributed by atoms with E-state index in [2.05, 4.69) is 10.6 Å². The van der Waals surface area contributed by atoms with Gasteiger partial charge in [-0.2, -0.15) is 0 Å². The van der Waals surface area contributed by atoms with Gasteiger partial charge in [-0.3, -0.25) is 9.59 Å². The summed E-state index contributed by atoms with van der Waals surface area (Å²) in [5.41, 5.74) is 1.08. The number of benzene rings is 1. The van der Waals surface area contributed by atoms with E-state index in [4.69, 9.17) is 4.74 Å². The van der Waals surface area contributed by atoms with E-state index in [9.17, 15) is 19.5 Å². The normalized spacial score (nSPS) is 14.4. The van der Waals surface area contributed by atoms with E-state index in [0.29, 0.717) is 12.0 Å². The van der Waals surface area contributed by atoms with Crippen LogP contribution in [-0.2, 0) is 14.3 Å². The summed E-state index contributed by atoms with van der Waals surface area (Å²) in [7, 11) is 0. The molecule has 1 aromatic rings. The van der Waals surface area contributed by atoms with E-state index in [1.165, 1.54) is 4.90 Å². The van der Waals surface area contributed by atoms with Crippen LogP contribution in [0.25, 0.3) is 0 Å². The van der Waals surface area contributed by atoms with Crippen LogP contribution in [-0.4, -0.2) is 57.7 Å². The highest BCUT2D eigenvalue weighted by Gasteiger charge is 2.43. The van der Waals surface area contributed by atoms with Crippen molar-refractivity contribution in [1.29, 1.82) is 0 Å². The van der Waals surface area contributed by atoms with Crippen molar-refractivity contribution >= 4 is 17.9 Å². The van der Waals surface area contributed by atoms with Gasteiger partial charge in [0.1, 0.15) is 17.7 Å². The number of carbonyl (C=O) groups excluding carboxylic acids is 3. The highest BCUT2D eigenvalue weighted by atomic mass is 16.6. The maximum absolute atomic E-state index is 14.0. The summed E-state index contributed by atoms with van der Waals surface area (Å²) in [4.78, 5) is 41.8. The zero-order chi connectivity index (χ0) is 27.8. The lowest BCUT2D eigenvalue weighted by Crippen LogP contribution is -2.60. The molecule has 0 heterocycles. The standard InChI is InChI=1S/C28H47N3O5/c1-11-13-20(5)29-24(33)23(21-15-18(3)14-19(4)16-21)31(28(9,10)12-2)25(34)22(17-32)30-26(35)36-27(6,7)8/h14-16,20,22-23,32H,11-13,17H2,1-10H3,(H,29,33)(H,30,35). The number of nitrogens with zero attached hydrogens (tertiary/aromatic N) is 1. The average Bonchev–Trinajstić information content (AvgIpc) is 2.73. The molecular formula is C28H47N3O5. The van der Waals surface area contributed by atoms with Crippen LogP contribution >= 0.6 is 0 Å². The lowest BCUT2D eigenvalue weighted by Gasteiger charge is -2.44. The second-order valence-electron chi connectivity index (χ2n) is 11.3. The first-order chi connectivity index (χ1) is 16.6. The Bertz CT molecular complexity index is 887. The molecule has 3 unspecified atom stereocenters. The van der Waals surface area contributed by atoms with Crippen molar-refractivity contribution in [2.24, 2.45) is 0 Å². The molecule has 0 radical (unpaired) electrons.